The summed E-state index contributed by atoms with van der Waals surface area (Å²) in [6.07, 6.45) is 0. The fourth-order valence-corrected chi connectivity index (χ4v) is 3.98. The largest absolute Gasteiger partial charge is 0.454 e. The predicted molar refractivity (Wildman–Crippen MR) is 107 cm³/mol. The Morgan fingerprint density at radius 1 is 1.10 bits per heavy atom. The molecule has 3 aromatic rings. The van der Waals surface area contributed by atoms with Gasteiger partial charge in [-0.3, -0.25) is 0 Å². The highest BCUT2D eigenvalue weighted by Gasteiger charge is 2.17. The Morgan fingerprint density at radius 2 is 1.83 bits per heavy atom. The third-order valence-electron chi connectivity index (χ3n) is 4.47. The van der Waals surface area contributed by atoms with E-state index >= 15 is 0 Å². The van der Waals surface area contributed by atoms with E-state index in [4.69, 9.17) is 9.47 Å². The summed E-state index contributed by atoms with van der Waals surface area (Å²) in [7, 11) is -3.59. The SMILES string of the molecule is Cc1ccc(S(=O)(=O)NCCNc2nc3cc4c(cc3cc2C#N)OCO4)cc1. The van der Waals surface area contributed by atoms with E-state index in [-0.39, 0.29) is 24.8 Å². The van der Waals surface area contributed by atoms with E-state index in [1.807, 2.05) is 6.92 Å². The van der Waals surface area contributed by atoms with Crippen molar-refractivity contribution in [1.29, 1.82) is 5.26 Å². The summed E-state index contributed by atoms with van der Waals surface area (Å²) >= 11 is 0. The zero-order valence-electron chi connectivity index (χ0n) is 15.6. The van der Waals surface area contributed by atoms with Crippen LogP contribution in [0, 0.1) is 18.3 Å². The molecule has 148 valence electrons. The van der Waals surface area contributed by atoms with Crippen LogP contribution in [0.15, 0.2) is 47.4 Å². The van der Waals surface area contributed by atoms with Crippen LogP contribution in [0.2, 0.25) is 0 Å². The number of sulfonamides is 1. The summed E-state index contributed by atoms with van der Waals surface area (Å²) < 4.78 is 37.9. The van der Waals surface area contributed by atoms with E-state index in [1.54, 1.807) is 42.5 Å². The standard InChI is InChI=1S/C20H18N4O4S/c1-13-2-4-16(5-3-13)29(25,26)23-7-6-22-20-15(11-21)8-14-9-18-19(28-12-27-18)10-17(14)24-20/h2-5,8-10,23H,6-7,12H2,1H3,(H,22,24). The van der Waals surface area contributed by atoms with Gasteiger partial charge in [0.25, 0.3) is 0 Å². The summed E-state index contributed by atoms with van der Waals surface area (Å²) in [5.74, 6) is 1.61. The highest BCUT2D eigenvalue weighted by Crippen LogP contribution is 2.36. The Balaban J connectivity index is 1.46. The second kappa shape index (κ2) is 7.58. The number of ether oxygens (including phenoxy) is 2. The summed E-state index contributed by atoms with van der Waals surface area (Å²) in [6, 6.07) is 14.0. The highest BCUT2D eigenvalue weighted by atomic mass is 32.2. The zero-order chi connectivity index (χ0) is 20.4. The van der Waals surface area contributed by atoms with Crippen LogP contribution in [0.5, 0.6) is 11.5 Å². The van der Waals surface area contributed by atoms with Crippen molar-refractivity contribution in [3.05, 3.63) is 53.6 Å². The molecule has 0 radical (unpaired) electrons. The number of benzene rings is 2. The summed E-state index contributed by atoms with van der Waals surface area (Å²) in [5.41, 5.74) is 1.99. The lowest BCUT2D eigenvalue weighted by Gasteiger charge is -2.11. The molecule has 0 fully saturated rings. The first-order valence-corrected chi connectivity index (χ1v) is 10.4. The van der Waals surface area contributed by atoms with Gasteiger partial charge in [0.2, 0.25) is 16.8 Å². The number of nitrogens with zero attached hydrogens (tertiary/aromatic N) is 2. The number of fused-ring (bicyclic) bond motifs is 2. The van der Waals surface area contributed by atoms with Gasteiger partial charge in [-0.2, -0.15) is 5.26 Å². The van der Waals surface area contributed by atoms with Crippen molar-refractivity contribution in [1.82, 2.24) is 9.71 Å². The van der Waals surface area contributed by atoms with Crippen molar-refractivity contribution >= 4 is 26.7 Å². The topological polar surface area (TPSA) is 113 Å². The molecular formula is C20H18N4O4S. The van der Waals surface area contributed by atoms with Gasteiger partial charge in [-0.25, -0.2) is 18.1 Å². The first kappa shape index (κ1) is 19.0. The van der Waals surface area contributed by atoms with Crippen molar-refractivity contribution in [2.45, 2.75) is 11.8 Å². The third kappa shape index (κ3) is 3.94. The Labute approximate surface area is 168 Å². The molecule has 2 N–H and O–H groups in total. The number of aromatic nitrogens is 1. The normalized spacial score (nSPS) is 12.7. The van der Waals surface area contributed by atoms with Crippen LogP contribution in [-0.2, 0) is 10.0 Å². The van der Waals surface area contributed by atoms with Crippen molar-refractivity contribution in [3.8, 4) is 17.6 Å². The van der Waals surface area contributed by atoms with Crippen molar-refractivity contribution in [3.63, 3.8) is 0 Å². The molecule has 0 unspecified atom stereocenters. The molecule has 0 spiro atoms. The fourth-order valence-electron chi connectivity index (χ4n) is 2.95. The highest BCUT2D eigenvalue weighted by molar-refractivity contribution is 7.89. The van der Waals surface area contributed by atoms with Crippen LogP contribution in [0.4, 0.5) is 5.82 Å². The van der Waals surface area contributed by atoms with Gasteiger partial charge < -0.3 is 14.8 Å². The van der Waals surface area contributed by atoms with E-state index in [0.717, 1.165) is 10.9 Å². The zero-order valence-corrected chi connectivity index (χ0v) is 16.4. The summed E-state index contributed by atoms with van der Waals surface area (Å²) in [5, 5.41) is 13.2. The minimum Gasteiger partial charge on any atom is -0.454 e. The van der Waals surface area contributed by atoms with Crippen molar-refractivity contribution in [2.24, 2.45) is 0 Å². The average molecular weight is 410 g/mol. The first-order valence-electron chi connectivity index (χ1n) is 8.91. The Morgan fingerprint density at radius 3 is 2.55 bits per heavy atom. The second-order valence-corrected chi connectivity index (χ2v) is 8.30. The van der Waals surface area contributed by atoms with Crippen LogP contribution in [0.1, 0.15) is 11.1 Å². The van der Waals surface area contributed by atoms with Gasteiger partial charge in [-0.15, -0.1) is 0 Å². The number of hydrogen-bond acceptors (Lipinski definition) is 7. The Bertz CT molecular complexity index is 1220. The smallest absolute Gasteiger partial charge is 0.240 e. The molecule has 1 aliphatic heterocycles. The number of pyridine rings is 1. The third-order valence-corrected chi connectivity index (χ3v) is 5.95. The number of aryl methyl sites for hydroxylation is 1. The molecule has 2 heterocycles. The Hall–Kier alpha value is -3.35. The van der Waals surface area contributed by atoms with Gasteiger partial charge in [-0.1, -0.05) is 17.7 Å². The van der Waals surface area contributed by atoms with E-state index in [0.29, 0.717) is 28.4 Å². The van der Waals surface area contributed by atoms with Crippen LogP contribution in [0.25, 0.3) is 10.9 Å². The lowest BCUT2D eigenvalue weighted by atomic mass is 10.1. The molecule has 2 aromatic carbocycles. The molecule has 1 aliphatic rings. The van der Waals surface area contributed by atoms with Crippen LogP contribution in [0.3, 0.4) is 0 Å². The van der Waals surface area contributed by atoms with Gasteiger partial charge in [0, 0.05) is 24.5 Å². The predicted octanol–water partition coefficient (Wildman–Crippen LogP) is 2.53. The summed E-state index contributed by atoms with van der Waals surface area (Å²) in [6.45, 7) is 2.46. The molecule has 9 heteroatoms. The molecule has 4 rings (SSSR count). The van der Waals surface area contributed by atoms with Gasteiger partial charge >= 0.3 is 0 Å². The van der Waals surface area contributed by atoms with E-state index in [9.17, 15) is 13.7 Å². The molecule has 0 aliphatic carbocycles. The lowest BCUT2D eigenvalue weighted by molar-refractivity contribution is 0.174. The minimum atomic E-state index is -3.59. The number of anilines is 1. The maximum absolute atomic E-state index is 12.3. The molecule has 0 atom stereocenters. The van der Waals surface area contributed by atoms with Gasteiger partial charge in [0.05, 0.1) is 16.0 Å². The van der Waals surface area contributed by atoms with Gasteiger partial charge in [0.15, 0.2) is 11.5 Å². The number of rotatable bonds is 6. The number of nitrogens with one attached hydrogen (secondary N) is 2. The van der Waals surface area contributed by atoms with E-state index < -0.39 is 10.0 Å². The van der Waals surface area contributed by atoms with Gasteiger partial charge in [-0.05, 0) is 31.2 Å². The second-order valence-electron chi connectivity index (χ2n) is 6.53. The van der Waals surface area contributed by atoms with Crippen LogP contribution < -0.4 is 19.5 Å². The quantitative estimate of drug-likeness (QED) is 0.600. The van der Waals surface area contributed by atoms with Crippen molar-refractivity contribution < 1.29 is 17.9 Å². The molecule has 0 saturated carbocycles. The van der Waals surface area contributed by atoms with E-state index in [1.165, 1.54) is 0 Å². The minimum absolute atomic E-state index is 0.141. The molecular weight excluding hydrogens is 392 g/mol. The average Bonchev–Trinajstić information content (AvgIpc) is 3.16. The Kier molecular flexibility index (Phi) is 4.96. The maximum atomic E-state index is 12.3. The van der Waals surface area contributed by atoms with Crippen molar-refractivity contribution in [2.75, 3.05) is 25.2 Å². The van der Waals surface area contributed by atoms with Crippen LogP contribution in [-0.4, -0.2) is 33.3 Å². The lowest BCUT2D eigenvalue weighted by Crippen LogP contribution is -2.29. The number of nitriles is 1. The first-order chi connectivity index (χ1) is 14.0. The van der Waals surface area contributed by atoms with E-state index in [2.05, 4.69) is 21.1 Å². The molecule has 29 heavy (non-hydrogen) atoms. The molecule has 1 aromatic heterocycles. The maximum Gasteiger partial charge on any atom is 0.240 e. The fraction of sp³-hybridized carbons (Fsp3) is 0.200. The van der Waals surface area contributed by atoms with Gasteiger partial charge in [0.1, 0.15) is 11.9 Å². The molecule has 0 saturated heterocycles. The molecule has 0 amide bonds. The summed E-state index contributed by atoms with van der Waals surface area (Å²) in [4.78, 5) is 4.69. The molecule has 0 bridgehead atoms. The number of hydrogen-bond donors (Lipinski definition) is 2. The monoisotopic (exact) mass is 410 g/mol. The van der Waals surface area contributed by atoms with Crippen LogP contribution >= 0.6 is 0 Å². The molecule has 8 nitrogen and oxygen atoms in total.